The van der Waals surface area contributed by atoms with Gasteiger partial charge in [0.2, 0.25) is 0 Å². The Morgan fingerprint density at radius 3 is 2.20 bits per heavy atom. The summed E-state index contributed by atoms with van der Waals surface area (Å²) < 4.78 is 45.6. The third kappa shape index (κ3) is 4.75. The number of ether oxygens (including phenoxy) is 2. The van der Waals surface area contributed by atoms with E-state index in [0.717, 1.165) is 12.5 Å². The van der Waals surface area contributed by atoms with Gasteiger partial charge in [-0.15, -0.1) is 13.2 Å². The summed E-state index contributed by atoms with van der Waals surface area (Å²) in [6, 6.07) is 5.21. The Balaban J connectivity index is 2.90. The van der Waals surface area contributed by atoms with Crippen molar-refractivity contribution in [2.75, 3.05) is 0 Å². The van der Waals surface area contributed by atoms with Crippen molar-refractivity contribution in [3.05, 3.63) is 24.3 Å². The van der Waals surface area contributed by atoms with Gasteiger partial charge in [0.15, 0.2) is 11.5 Å². The molecule has 0 N–H and O–H groups in total. The van der Waals surface area contributed by atoms with Gasteiger partial charge in [-0.25, -0.2) is 0 Å². The predicted molar refractivity (Wildman–Crippen MR) is 67.4 cm³/mol. The molecule has 0 amide bonds. The standard InChI is InChI=1S/C14H17F3O3/c1-4-9-13(2,3)12(18)19-10-7-5-6-8-11(10)20-14(15,16)17/h5-8H,4,9H2,1-3H3. The van der Waals surface area contributed by atoms with E-state index in [1.165, 1.54) is 18.2 Å². The summed E-state index contributed by atoms with van der Waals surface area (Å²) in [6.07, 6.45) is -3.49. The van der Waals surface area contributed by atoms with Gasteiger partial charge >= 0.3 is 12.3 Å². The number of halogens is 3. The lowest BCUT2D eigenvalue weighted by atomic mass is 9.88. The van der Waals surface area contributed by atoms with Gasteiger partial charge in [-0.2, -0.15) is 0 Å². The first kappa shape index (κ1) is 16.3. The minimum Gasteiger partial charge on any atom is -0.422 e. The van der Waals surface area contributed by atoms with Crippen LogP contribution in [0.25, 0.3) is 0 Å². The smallest absolute Gasteiger partial charge is 0.422 e. The number of benzene rings is 1. The third-order valence-electron chi connectivity index (χ3n) is 2.71. The average Bonchev–Trinajstić information content (AvgIpc) is 2.29. The van der Waals surface area contributed by atoms with Crippen molar-refractivity contribution in [1.82, 2.24) is 0 Å². The second-order valence-corrected chi connectivity index (χ2v) is 5.02. The highest BCUT2D eigenvalue weighted by molar-refractivity contribution is 5.78. The Kier molecular flexibility index (Phi) is 5.03. The zero-order valence-electron chi connectivity index (χ0n) is 11.6. The summed E-state index contributed by atoms with van der Waals surface area (Å²) >= 11 is 0. The average molecular weight is 290 g/mol. The number of rotatable bonds is 5. The summed E-state index contributed by atoms with van der Waals surface area (Å²) in [6.45, 7) is 5.29. The molecule has 0 aromatic heterocycles. The normalized spacial score (nSPS) is 12.1. The molecule has 0 aliphatic carbocycles. The van der Waals surface area contributed by atoms with E-state index >= 15 is 0 Å². The summed E-state index contributed by atoms with van der Waals surface area (Å²) in [5.74, 6) is -1.35. The van der Waals surface area contributed by atoms with Crippen molar-refractivity contribution < 1.29 is 27.4 Å². The third-order valence-corrected chi connectivity index (χ3v) is 2.71. The molecule has 1 aromatic carbocycles. The Bertz CT molecular complexity index is 467. The first-order valence-electron chi connectivity index (χ1n) is 6.23. The van der Waals surface area contributed by atoms with Crippen molar-refractivity contribution in [2.24, 2.45) is 5.41 Å². The lowest BCUT2D eigenvalue weighted by Gasteiger charge is -2.22. The van der Waals surface area contributed by atoms with E-state index in [2.05, 4.69) is 4.74 Å². The molecule has 0 aliphatic rings. The maximum atomic E-state index is 12.3. The molecule has 0 fully saturated rings. The topological polar surface area (TPSA) is 35.5 Å². The summed E-state index contributed by atoms with van der Waals surface area (Å²) in [4.78, 5) is 12.0. The Morgan fingerprint density at radius 1 is 1.15 bits per heavy atom. The van der Waals surface area contributed by atoms with Gasteiger partial charge < -0.3 is 9.47 Å². The molecule has 0 saturated heterocycles. The molecule has 1 rings (SSSR count). The van der Waals surface area contributed by atoms with Gasteiger partial charge in [-0.3, -0.25) is 4.79 Å². The van der Waals surface area contributed by atoms with Gasteiger partial charge in [0.05, 0.1) is 5.41 Å². The van der Waals surface area contributed by atoms with Crippen LogP contribution in [-0.4, -0.2) is 12.3 Å². The van der Waals surface area contributed by atoms with Crippen molar-refractivity contribution >= 4 is 5.97 Å². The SMILES string of the molecule is CCCC(C)(C)C(=O)Oc1ccccc1OC(F)(F)F. The van der Waals surface area contributed by atoms with Crippen LogP contribution in [0.2, 0.25) is 0 Å². The first-order chi connectivity index (χ1) is 9.15. The van der Waals surface area contributed by atoms with E-state index in [1.807, 2.05) is 6.92 Å². The zero-order chi connectivity index (χ0) is 15.4. The summed E-state index contributed by atoms with van der Waals surface area (Å²) in [7, 11) is 0. The van der Waals surface area contributed by atoms with Crippen molar-refractivity contribution in [1.29, 1.82) is 0 Å². The molecule has 1 aromatic rings. The number of alkyl halides is 3. The largest absolute Gasteiger partial charge is 0.573 e. The minimum absolute atomic E-state index is 0.237. The van der Waals surface area contributed by atoms with E-state index in [9.17, 15) is 18.0 Å². The first-order valence-corrected chi connectivity index (χ1v) is 6.23. The number of carbonyl (C=O) groups is 1. The second-order valence-electron chi connectivity index (χ2n) is 5.02. The van der Waals surface area contributed by atoms with Crippen molar-refractivity contribution in [3.63, 3.8) is 0 Å². The number of carbonyl (C=O) groups excluding carboxylic acids is 1. The number of hydrogen-bond donors (Lipinski definition) is 0. The van der Waals surface area contributed by atoms with Crippen LogP contribution in [-0.2, 0) is 4.79 Å². The van der Waals surface area contributed by atoms with E-state index in [1.54, 1.807) is 13.8 Å². The van der Waals surface area contributed by atoms with E-state index in [0.29, 0.717) is 6.42 Å². The monoisotopic (exact) mass is 290 g/mol. The van der Waals surface area contributed by atoms with Crippen LogP contribution in [0.5, 0.6) is 11.5 Å². The molecule has 0 heterocycles. The van der Waals surface area contributed by atoms with Gasteiger partial charge in [0, 0.05) is 0 Å². The molecule has 112 valence electrons. The molecule has 0 aliphatic heterocycles. The predicted octanol–water partition coefficient (Wildman–Crippen LogP) is 4.32. The van der Waals surface area contributed by atoms with Crippen LogP contribution in [0, 0.1) is 5.41 Å². The number of hydrogen-bond acceptors (Lipinski definition) is 3. The Hall–Kier alpha value is -1.72. The van der Waals surface area contributed by atoms with Gasteiger partial charge in [-0.05, 0) is 32.4 Å². The highest BCUT2D eigenvalue weighted by Crippen LogP contribution is 2.34. The molecule has 3 nitrogen and oxygen atoms in total. The van der Waals surface area contributed by atoms with E-state index < -0.39 is 23.5 Å². The van der Waals surface area contributed by atoms with E-state index in [-0.39, 0.29) is 5.75 Å². The molecule has 0 unspecified atom stereocenters. The highest BCUT2D eigenvalue weighted by Gasteiger charge is 2.34. The maximum Gasteiger partial charge on any atom is 0.573 e. The molecule has 0 atom stereocenters. The fourth-order valence-electron chi connectivity index (χ4n) is 1.71. The Morgan fingerprint density at radius 2 is 1.70 bits per heavy atom. The van der Waals surface area contributed by atoms with Crippen LogP contribution in [0.3, 0.4) is 0 Å². The van der Waals surface area contributed by atoms with Crippen LogP contribution in [0.4, 0.5) is 13.2 Å². The minimum atomic E-state index is -4.83. The van der Waals surface area contributed by atoms with E-state index in [4.69, 9.17) is 4.74 Å². The van der Waals surface area contributed by atoms with Crippen molar-refractivity contribution in [2.45, 2.75) is 40.0 Å². The van der Waals surface area contributed by atoms with Crippen LogP contribution in [0.15, 0.2) is 24.3 Å². The molecule has 0 spiro atoms. The molecular formula is C14H17F3O3. The molecule has 0 saturated carbocycles. The van der Waals surface area contributed by atoms with Crippen LogP contribution < -0.4 is 9.47 Å². The molecule has 0 bridgehead atoms. The quantitative estimate of drug-likeness (QED) is 0.598. The molecule has 0 radical (unpaired) electrons. The van der Waals surface area contributed by atoms with Gasteiger partial charge in [0.1, 0.15) is 0 Å². The Labute approximate surface area is 115 Å². The fraction of sp³-hybridized carbons (Fsp3) is 0.500. The highest BCUT2D eigenvalue weighted by atomic mass is 19.4. The van der Waals surface area contributed by atoms with Gasteiger partial charge in [-0.1, -0.05) is 25.5 Å². The fourth-order valence-corrected chi connectivity index (χ4v) is 1.71. The molecule has 6 heteroatoms. The second kappa shape index (κ2) is 6.15. The van der Waals surface area contributed by atoms with Crippen LogP contribution in [0.1, 0.15) is 33.6 Å². The van der Waals surface area contributed by atoms with Crippen molar-refractivity contribution in [3.8, 4) is 11.5 Å². The maximum absolute atomic E-state index is 12.3. The lowest BCUT2D eigenvalue weighted by Crippen LogP contribution is -2.29. The van der Waals surface area contributed by atoms with Crippen LogP contribution >= 0.6 is 0 Å². The summed E-state index contributed by atoms with van der Waals surface area (Å²) in [5, 5.41) is 0. The zero-order valence-corrected chi connectivity index (χ0v) is 11.6. The summed E-state index contributed by atoms with van der Waals surface area (Å²) in [5.41, 5.74) is -0.764. The number of esters is 1. The molecule has 20 heavy (non-hydrogen) atoms. The lowest BCUT2D eigenvalue weighted by molar-refractivity contribution is -0.275. The number of para-hydroxylation sites is 2. The van der Waals surface area contributed by atoms with Gasteiger partial charge in [0.25, 0.3) is 0 Å². The molecular weight excluding hydrogens is 273 g/mol.